The summed E-state index contributed by atoms with van der Waals surface area (Å²) < 4.78 is 26.3. The molecule has 0 spiro atoms. The lowest BCUT2D eigenvalue weighted by atomic mass is 10.2. The fourth-order valence-electron chi connectivity index (χ4n) is 2.06. The standard InChI is InChI=1S/C17H19N3O4S/c1-3-18-16(21)13-5-4-6-14(11-13)19-17(22)20-25(23,24)15-9-7-12(2)8-10-15/h4-11H,3H2,1-2H3,(H,18,21)(H2,19,20,22). The third-order valence-corrected chi connectivity index (χ3v) is 4.63. The van der Waals surface area contributed by atoms with Crippen LogP contribution in [-0.4, -0.2) is 26.9 Å². The molecule has 0 fully saturated rings. The minimum absolute atomic E-state index is 0.00988. The van der Waals surface area contributed by atoms with Crippen molar-refractivity contribution in [3.63, 3.8) is 0 Å². The van der Waals surface area contributed by atoms with Gasteiger partial charge >= 0.3 is 6.03 Å². The molecule has 0 atom stereocenters. The smallest absolute Gasteiger partial charge is 0.333 e. The molecule has 0 heterocycles. The van der Waals surface area contributed by atoms with Crippen molar-refractivity contribution >= 4 is 27.6 Å². The molecule has 0 saturated carbocycles. The number of aryl methyl sites for hydroxylation is 1. The van der Waals surface area contributed by atoms with E-state index in [4.69, 9.17) is 0 Å². The lowest BCUT2D eigenvalue weighted by Gasteiger charge is -2.10. The third kappa shape index (κ3) is 5.05. The molecule has 2 aromatic rings. The fourth-order valence-corrected chi connectivity index (χ4v) is 2.96. The minimum atomic E-state index is -3.97. The minimum Gasteiger partial charge on any atom is -0.352 e. The molecule has 0 aliphatic rings. The van der Waals surface area contributed by atoms with E-state index in [0.717, 1.165) is 5.56 Å². The Morgan fingerprint density at radius 1 is 1.04 bits per heavy atom. The van der Waals surface area contributed by atoms with Gasteiger partial charge in [0.05, 0.1) is 4.90 Å². The second-order valence-corrected chi connectivity index (χ2v) is 7.00. The van der Waals surface area contributed by atoms with Crippen LogP contribution in [0.3, 0.4) is 0 Å². The summed E-state index contributed by atoms with van der Waals surface area (Å²) in [5.74, 6) is -0.279. The van der Waals surface area contributed by atoms with Gasteiger partial charge in [0, 0.05) is 17.8 Å². The predicted molar refractivity (Wildman–Crippen MR) is 95.0 cm³/mol. The van der Waals surface area contributed by atoms with Crippen molar-refractivity contribution in [2.24, 2.45) is 0 Å². The van der Waals surface area contributed by atoms with Crippen LogP contribution in [0, 0.1) is 6.92 Å². The zero-order valence-electron chi connectivity index (χ0n) is 13.9. The molecular weight excluding hydrogens is 342 g/mol. The number of rotatable bonds is 5. The summed E-state index contributed by atoms with van der Waals surface area (Å²) in [5, 5.41) is 5.05. The lowest BCUT2D eigenvalue weighted by Crippen LogP contribution is -2.34. The maximum atomic E-state index is 12.2. The van der Waals surface area contributed by atoms with Gasteiger partial charge in [-0.15, -0.1) is 0 Å². The molecule has 0 radical (unpaired) electrons. The van der Waals surface area contributed by atoms with E-state index >= 15 is 0 Å². The van der Waals surface area contributed by atoms with Gasteiger partial charge in [-0.2, -0.15) is 0 Å². The molecule has 0 saturated heterocycles. The van der Waals surface area contributed by atoms with Gasteiger partial charge in [-0.3, -0.25) is 4.79 Å². The average molecular weight is 361 g/mol. The van der Waals surface area contributed by atoms with Gasteiger partial charge in [-0.05, 0) is 44.2 Å². The molecule has 0 unspecified atom stereocenters. The number of carbonyl (C=O) groups excluding carboxylic acids is 2. The summed E-state index contributed by atoms with van der Waals surface area (Å²) >= 11 is 0. The van der Waals surface area contributed by atoms with Gasteiger partial charge < -0.3 is 10.6 Å². The van der Waals surface area contributed by atoms with Crippen LogP contribution < -0.4 is 15.4 Å². The first-order valence-electron chi connectivity index (χ1n) is 7.60. The topological polar surface area (TPSA) is 104 Å². The molecule has 0 aliphatic carbocycles. The molecule has 0 bridgehead atoms. The molecule has 25 heavy (non-hydrogen) atoms. The number of sulfonamides is 1. The molecular formula is C17H19N3O4S. The van der Waals surface area contributed by atoms with Crippen LogP contribution in [0.15, 0.2) is 53.4 Å². The molecule has 2 aromatic carbocycles. The summed E-state index contributed by atoms with van der Waals surface area (Å²) in [7, 11) is -3.97. The van der Waals surface area contributed by atoms with Crippen molar-refractivity contribution in [1.29, 1.82) is 0 Å². The third-order valence-electron chi connectivity index (χ3n) is 3.28. The Balaban J connectivity index is 2.08. The number of anilines is 1. The van der Waals surface area contributed by atoms with Crippen molar-refractivity contribution in [3.05, 3.63) is 59.7 Å². The van der Waals surface area contributed by atoms with Gasteiger partial charge in [0.25, 0.3) is 15.9 Å². The van der Waals surface area contributed by atoms with Crippen molar-refractivity contribution in [1.82, 2.24) is 10.0 Å². The van der Waals surface area contributed by atoms with Crippen molar-refractivity contribution in [2.75, 3.05) is 11.9 Å². The number of carbonyl (C=O) groups is 2. The van der Waals surface area contributed by atoms with Crippen LogP contribution in [0.5, 0.6) is 0 Å². The van der Waals surface area contributed by atoms with E-state index in [9.17, 15) is 18.0 Å². The van der Waals surface area contributed by atoms with Gasteiger partial charge in [0.1, 0.15) is 0 Å². The van der Waals surface area contributed by atoms with Gasteiger partial charge in [0.15, 0.2) is 0 Å². The zero-order chi connectivity index (χ0) is 18.4. The summed E-state index contributed by atoms with van der Waals surface area (Å²) in [4.78, 5) is 23.8. The predicted octanol–water partition coefficient (Wildman–Crippen LogP) is 2.26. The average Bonchev–Trinajstić information content (AvgIpc) is 2.55. The Morgan fingerprint density at radius 3 is 2.36 bits per heavy atom. The maximum absolute atomic E-state index is 12.2. The van der Waals surface area contributed by atoms with Crippen molar-refractivity contribution < 1.29 is 18.0 Å². The number of hydrogen-bond donors (Lipinski definition) is 3. The van der Waals surface area contributed by atoms with Gasteiger partial charge in [-0.1, -0.05) is 23.8 Å². The van der Waals surface area contributed by atoms with Crippen LogP contribution in [0.25, 0.3) is 0 Å². The van der Waals surface area contributed by atoms with Gasteiger partial charge in [-0.25, -0.2) is 17.9 Å². The summed E-state index contributed by atoms with van der Waals surface area (Å²) in [6.45, 7) is 4.10. The highest BCUT2D eigenvalue weighted by Crippen LogP contribution is 2.12. The zero-order valence-corrected chi connectivity index (χ0v) is 14.7. The van der Waals surface area contributed by atoms with Crippen molar-refractivity contribution in [3.8, 4) is 0 Å². The SMILES string of the molecule is CCNC(=O)c1cccc(NC(=O)NS(=O)(=O)c2ccc(C)cc2)c1. The first-order chi connectivity index (χ1) is 11.8. The van der Waals surface area contributed by atoms with E-state index in [1.165, 1.54) is 18.2 Å². The second kappa shape index (κ2) is 7.80. The molecule has 3 N–H and O–H groups in total. The molecule has 7 nitrogen and oxygen atoms in total. The monoisotopic (exact) mass is 361 g/mol. The van der Waals surface area contributed by atoms with E-state index in [2.05, 4.69) is 10.6 Å². The Kier molecular flexibility index (Phi) is 5.76. The van der Waals surface area contributed by atoms with Crippen LogP contribution in [-0.2, 0) is 10.0 Å². The van der Waals surface area contributed by atoms with Crippen LogP contribution in [0.1, 0.15) is 22.8 Å². The van der Waals surface area contributed by atoms with E-state index in [1.807, 2.05) is 11.6 Å². The molecule has 0 aliphatic heterocycles. The summed E-state index contributed by atoms with van der Waals surface area (Å²) in [6.07, 6.45) is 0. The normalized spacial score (nSPS) is 10.8. The van der Waals surface area contributed by atoms with E-state index in [-0.39, 0.29) is 10.8 Å². The Hall–Kier alpha value is -2.87. The second-order valence-electron chi connectivity index (χ2n) is 5.31. The van der Waals surface area contributed by atoms with Gasteiger partial charge in [0.2, 0.25) is 0 Å². The van der Waals surface area contributed by atoms with E-state index < -0.39 is 16.1 Å². The van der Waals surface area contributed by atoms with E-state index in [1.54, 1.807) is 37.3 Å². The Bertz CT molecular complexity index is 877. The quantitative estimate of drug-likeness (QED) is 0.760. The molecule has 2 rings (SSSR count). The highest BCUT2D eigenvalue weighted by atomic mass is 32.2. The number of nitrogens with one attached hydrogen (secondary N) is 3. The first-order valence-corrected chi connectivity index (χ1v) is 9.09. The maximum Gasteiger partial charge on any atom is 0.333 e. The number of benzene rings is 2. The van der Waals surface area contributed by atoms with Crippen LogP contribution >= 0.6 is 0 Å². The number of hydrogen-bond acceptors (Lipinski definition) is 4. The van der Waals surface area contributed by atoms with Crippen molar-refractivity contribution in [2.45, 2.75) is 18.7 Å². The highest BCUT2D eigenvalue weighted by molar-refractivity contribution is 7.90. The number of amides is 3. The van der Waals surface area contributed by atoms with Crippen LogP contribution in [0.4, 0.5) is 10.5 Å². The van der Waals surface area contributed by atoms with E-state index in [0.29, 0.717) is 17.8 Å². The highest BCUT2D eigenvalue weighted by Gasteiger charge is 2.17. The van der Waals surface area contributed by atoms with Crippen LogP contribution in [0.2, 0.25) is 0 Å². The summed E-state index contributed by atoms with van der Waals surface area (Å²) in [6, 6.07) is 11.4. The first kappa shape index (κ1) is 18.5. The molecule has 8 heteroatoms. The Labute approximate surface area is 146 Å². The molecule has 132 valence electrons. The Morgan fingerprint density at radius 2 is 1.72 bits per heavy atom. The lowest BCUT2D eigenvalue weighted by molar-refractivity contribution is 0.0956. The summed E-state index contributed by atoms with van der Waals surface area (Å²) in [5.41, 5.74) is 1.58. The molecule has 3 amide bonds. The number of urea groups is 1. The molecule has 0 aromatic heterocycles. The fraction of sp³-hybridized carbons (Fsp3) is 0.176. The largest absolute Gasteiger partial charge is 0.352 e.